The van der Waals surface area contributed by atoms with E-state index in [0.29, 0.717) is 5.92 Å². The Balaban J connectivity index is 2.93. The van der Waals surface area contributed by atoms with Gasteiger partial charge < -0.3 is 5.11 Å². The minimum atomic E-state index is -0.530. The first-order valence-electron chi connectivity index (χ1n) is 9.59. The van der Waals surface area contributed by atoms with Crippen LogP contribution in [0.1, 0.15) is 94.0 Å². The maximum atomic E-state index is 10.6. The van der Waals surface area contributed by atoms with E-state index in [0.717, 1.165) is 24.1 Å². The molecule has 25 heavy (non-hydrogen) atoms. The number of hydrogen-bond acceptors (Lipinski definition) is 2. The second-order valence-electron chi connectivity index (χ2n) is 7.75. The van der Waals surface area contributed by atoms with Crippen LogP contribution in [0.4, 0.5) is 0 Å². The van der Waals surface area contributed by atoms with Crippen LogP contribution >= 0.6 is 0 Å². The molecule has 2 nitrogen and oxygen atoms in total. The average molecular weight is 340 g/mol. The van der Waals surface area contributed by atoms with Crippen LogP contribution in [0.3, 0.4) is 0 Å². The lowest BCUT2D eigenvalue weighted by atomic mass is 9.84. The average Bonchev–Trinajstić information content (AvgIpc) is 2.54. The summed E-state index contributed by atoms with van der Waals surface area (Å²) in [7, 11) is 0. The monoisotopic (exact) mass is 339 g/mol. The third-order valence-corrected chi connectivity index (χ3v) is 4.75. The molecule has 1 heterocycles. The molecule has 1 aromatic heterocycles. The van der Waals surface area contributed by atoms with Gasteiger partial charge in [0.05, 0.1) is 6.10 Å². The van der Waals surface area contributed by atoms with Crippen molar-refractivity contribution in [2.45, 2.75) is 79.2 Å². The number of aliphatic hydroxyl groups excluding tert-OH is 1. The molecule has 0 amide bonds. The molecule has 0 fully saturated rings. The fourth-order valence-electron chi connectivity index (χ4n) is 3.57. The van der Waals surface area contributed by atoms with Crippen LogP contribution in [0.25, 0.3) is 11.1 Å². The molecule has 136 valence electrons. The molecule has 0 bridgehead atoms. The van der Waals surface area contributed by atoms with Gasteiger partial charge >= 0.3 is 0 Å². The molecular formula is C23H33NO. The van der Waals surface area contributed by atoms with E-state index in [-0.39, 0.29) is 5.92 Å². The van der Waals surface area contributed by atoms with Gasteiger partial charge in [0.15, 0.2) is 0 Å². The van der Waals surface area contributed by atoms with Crippen LogP contribution in [0, 0.1) is 6.92 Å². The van der Waals surface area contributed by atoms with Crippen molar-refractivity contribution in [1.82, 2.24) is 4.98 Å². The molecule has 1 N–H and O–H groups in total. The molecule has 0 aliphatic heterocycles. The number of pyridine rings is 1. The second-order valence-corrected chi connectivity index (χ2v) is 7.75. The Labute approximate surface area is 153 Å². The summed E-state index contributed by atoms with van der Waals surface area (Å²) in [5.74, 6) is 0.647. The number of aryl methyl sites for hydroxylation is 1. The first-order chi connectivity index (χ1) is 11.8. The molecule has 2 rings (SSSR count). The number of hydrogen-bond donors (Lipinski definition) is 1. The van der Waals surface area contributed by atoms with Gasteiger partial charge in [-0.2, -0.15) is 0 Å². The lowest BCUT2D eigenvalue weighted by Gasteiger charge is -2.26. The van der Waals surface area contributed by atoms with E-state index in [4.69, 9.17) is 4.98 Å². The smallest absolute Gasteiger partial charge is 0.0785 e. The van der Waals surface area contributed by atoms with Gasteiger partial charge in [-0.05, 0) is 48.8 Å². The fraction of sp³-hybridized carbons (Fsp3) is 0.522. The highest BCUT2D eigenvalue weighted by atomic mass is 16.3. The van der Waals surface area contributed by atoms with Gasteiger partial charge in [0.25, 0.3) is 0 Å². The van der Waals surface area contributed by atoms with Gasteiger partial charge in [-0.3, -0.25) is 4.98 Å². The lowest BCUT2D eigenvalue weighted by molar-refractivity contribution is 0.197. The highest BCUT2D eigenvalue weighted by Gasteiger charge is 2.25. The molecule has 0 aliphatic rings. The second kappa shape index (κ2) is 8.14. The zero-order valence-electron chi connectivity index (χ0n) is 16.9. The van der Waals surface area contributed by atoms with E-state index >= 15 is 0 Å². The van der Waals surface area contributed by atoms with Crippen molar-refractivity contribution in [3.63, 3.8) is 0 Å². The van der Waals surface area contributed by atoms with Gasteiger partial charge in [0, 0.05) is 17.0 Å². The summed E-state index contributed by atoms with van der Waals surface area (Å²) in [6.07, 6.45) is 1.53. The van der Waals surface area contributed by atoms with Crippen LogP contribution in [0.2, 0.25) is 0 Å². The maximum absolute atomic E-state index is 10.6. The zero-order chi connectivity index (χ0) is 18.7. The number of nitrogens with zero attached hydrogens (tertiary/aromatic N) is 1. The molecule has 0 aliphatic carbocycles. The number of aliphatic hydroxyl groups is 1. The first kappa shape index (κ1) is 19.7. The van der Waals surface area contributed by atoms with E-state index in [1.165, 1.54) is 27.9 Å². The van der Waals surface area contributed by atoms with Gasteiger partial charge in [0.1, 0.15) is 0 Å². The summed E-state index contributed by atoms with van der Waals surface area (Å²) in [6, 6.07) is 8.68. The number of aromatic nitrogens is 1. The van der Waals surface area contributed by atoms with Gasteiger partial charge in [-0.25, -0.2) is 0 Å². The zero-order valence-corrected chi connectivity index (χ0v) is 16.9. The summed E-state index contributed by atoms with van der Waals surface area (Å²) in [5, 5.41) is 10.6. The quantitative estimate of drug-likeness (QED) is 0.669. The first-order valence-corrected chi connectivity index (χ1v) is 9.59. The maximum Gasteiger partial charge on any atom is 0.0785 e. The Hall–Kier alpha value is -1.67. The summed E-state index contributed by atoms with van der Waals surface area (Å²) in [6.45, 7) is 14.9. The van der Waals surface area contributed by atoms with Crippen LogP contribution in [0.15, 0.2) is 24.3 Å². The van der Waals surface area contributed by atoms with Crippen LogP contribution in [0.5, 0.6) is 0 Å². The van der Waals surface area contributed by atoms with Crippen LogP contribution in [-0.2, 0) is 6.42 Å². The van der Waals surface area contributed by atoms with Gasteiger partial charge in [-0.1, -0.05) is 70.9 Å². The molecule has 0 saturated carbocycles. The normalized spacial score (nSPS) is 12.9. The van der Waals surface area contributed by atoms with Crippen molar-refractivity contribution in [2.75, 3.05) is 0 Å². The summed E-state index contributed by atoms with van der Waals surface area (Å²) >= 11 is 0. The Morgan fingerprint density at radius 3 is 1.92 bits per heavy atom. The summed E-state index contributed by atoms with van der Waals surface area (Å²) in [4.78, 5) is 5.06. The van der Waals surface area contributed by atoms with Crippen LogP contribution < -0.4 is 0 Å². The SMILES string of the molecule is CCCc1c(C(C)C)nc(C(C)C)c(C(C)O)c1-c1ccc(C)cc1. The highest BCUT2D eigenvalue weighted by Crippen LogP contribution is 2.40. The van der Waals surface area contributed by atoms with Crippen molar-refractivity contribution in [3.05, 3.63) is 52.3 Å². The van der Waals surface area contributed by atoms with Crippen molar-refractivity contribution in [1.29, 1.82) is 0 Å². The van der Waals surface area contributed by atoms with Crippen LogP contribution in [-0.4, -0.2) is 10.1 Å². The largest absolute Gasteiger partial charge is 0.389 e. The molecule has 1 unspecified atom stereocenters. The highest BCUT2D eigenvalue weighted by molar-refractivity contribution is 5.74. The Bertz CT molecular complexity index is 712. The molecule has 2 aromatic rings. The third-order valence-electron chi connectivity index (χ3n) is 4.75. The number of benzene rings is 1. The van der Waals surface area contributed by atoms with E-state index in [2.05, 4.69) is 65.8 Å². The van der Waals surface area contributed by atoms with E-state index in [1.807, 2.05) is 6.92 Å². The molecule has 0 spiro atoms. The van der Waals surface area contributed by atoms with Crippen molar-refractivity contribution < 1.29 is 5.11 Å². The van der Waals surface area contributed by atoms with Gasteiger partial charge in [0.2, 0.25) is 0 Å². The minimum Gasteiger partial charge on any atom is -0.389 e. The third kappa shape index (κ3) is 4.12. The summed E-state index contributed by atoms with van der Waals surface area (Å²) < 4.78 is 0. The number of rotatable bonds is 6. The molecule has 0 radical (unpaired) electrons. The molecule has 1 aromatic carbocycles. The van der Waals surface area contributed by atoms with Crippen molar-refractivity contribution in [2.24, 2.45) is 0 Å². The Morgan fingerprint density at radius 2 is 1.48 bits per heavy atom. The fourth-order valence-corrected chi connectivity index (χ4v) is 3.57. The van der Waals surface area contributed by atoms with Crippen molar-refractivity contribution in [3.8, 4) is 11.1 Å². The Kier molecular flexibility index (Phi) is 6.40. The minimum absolute atomic E-state index is 0.280. The van der Waals surface area contributed by atoms with Gasteiger partial charge in [-0.15, -0.1) is 0 Å². The lowest BCUT2D eigenvalue weighted by Crippen LogP contribution is -2.14. The molecule has 2 heteroatoms. The molecular weight excluding hydrogens is 306 g/mol. The summed E-state index contributed by atoms with van der Waals surface area (Å²) in [5.41, 5.74) is 8.19. The van der Waals surface area contributed by atoms with E-state index < -0.39 is 6.10 Å². The van der Waals surface area contributed by atoms with E-state index in [1.54, 1.807) is 0 Å². The topological polar surface area (TPSA) is 33.1 Å². The molecule has 1 atom stereocenters. The Morgan fingerprint density at radius 1 is 0.920 bits per heavy atom. The standard InChI is InChI=1S/C23H33NO/c1-8-9-19-21(18-12-10-16(6)11-13-18)20(17(7)25)23(15(4)5)24-22(19)14(2)3/h10-15,17,25H,8-9H2,1-7H3. The predicted octanol–water partition coefficient (Wildman–Crippen LogP) is 6.31. The molecule has 0 saturated heterocycles. The predicted molar refractivity (Wildman–Crippen MR) is 107 cm³/mol. The van der Waals surface area contributed by atoms with Crippen molar-refractivity contribution >= 4 is 0 Å². The van der Waals surface area contributed by atoms with E-state index in [9.17, 15) is 5.11 Å².